The van der Waals surface area contributed by atoms with E-state index in [4.69, 9.17) is 4.74 Å². The fourth-order valence-corrected chi connectivity index (χ4v) is 2.93. The molecule has 0 unspecified atom stereocenters. The summed E-state index contributed by atoms with van der Waals surface area (Å²) in [5.74, 6) is -0.383. The Balaban J connectivity index is 2.93. The average molecular weight is 317 g/mol. The van der Waals surface area contributed by atoms with Crippen molar-refractivity contribution in [2.45, 2.75) is 26.4 Å². The molecule has 1 aromatic heterocycles. The van der Waals surface area contributed by atoms with Gasteiger partial charge in [0.05, 0.1) is 12.2 Å². The van der Waals surface area contributed by atoms with Crippen LogP contribution in [0.25, 0.3) is 11.1 Å². The van der Waals surface area contributed by atoms with Gasteiger partial charge in [-0.05, 0) is 23.6 Å². The molecule has 0 N–H and O–H groups in total. The SMILES string of the molecule is COCc1c(-c2ccc(F)cc2)c(C=O)c(C(C)C)n(C)c1=O. The maximum absolute atomic E-state index is 13.2. The molecule has 1 aromatic carbocycles. The Labute approximate surface area is 134 Å². The van der Waals surface area contributed by atoms with E-state index in [1.54, 1.807) is 19.2 Å². The Hall–Kier alpha value is -2.27. The highest BCUT2D eigenvalue weighted by atomic mass is 19.1. The van der Waals surface area contributed by atoms with Crippen LogP contribution in [0.3, 0.4) is 0 Å². The van der Waals surface area contributed by atoms with Gasteiger partial charge in [-0.1, -0.05) is 26.0 Å². The van der Waals surface area contributed by atoms with Gasteiger partial charge in [0.15, 0.2) is 6.29 Å². The molecular weight excluding hydrogens is 297 g/mol. The predicted molar refractivity (Wildman–Crippen MR) is 87.3 cm³/mol. The second-order valence-corrected chi connectivity index (χ2v) is 5.73. The summed E-state index contributed by atoms with van der Waals surface area (Å²) < 4.78 is 19.9. The van der Waals surface area contributed by atoms with Gasteiger partial charge >= 0.3 is 0 Å². The number of nitrogens with zero attached hydrogens (tertiary/aromatic N) is 1. The molecule has 0 bridgehead atoms. The lowest BCUT2D eigenvalue weighted by atomic mass is 9.91. The Morgan fingerprint density at radius 3 is 2.35 bits per heavy atom. The number of aromatic nitrogens is 1. The molecule has 0 fully saturated rings. The maximum atomic E-state index is 13.2. The molecule has 23 heavy (non-hydrogen) atoms. The Kier molecular flexibility index (Phi) is 5.11. The van der Waals surface area contributed by atoms with Gasteiger partial charge in [0.1, 0.15) is 5.82 Å². The van der Waals surface area contributed by atoms with Gasteiger partial charge in [-0.15, -0.1) is 0 Å². The Bertz CT molecular complexity index is 776. The molecule has 5 heteroatoms. The number of hydrogen-bond donors (Lipinski definition) is 0. The van der Waals surface area contributed by atoms with Gasteiger partial charge in [0, 0.05) is 31.0 Å². The lowest BCUT2D eigenvalue weighted by Gasteiger charge is -2.21. The van der Waals surface area contributed by atoms with E-state index < -0.39 is 0 Å². The van der Waals surface area contributed by atoms with Crippen LogP contribution >= 0.6 is 0 Å². The third-order valence-corrected chi connectivity index (χ3v) is 3.86. The lowest BCUT2D eigenvalue weighted by molar-refractivity contribution is 0.112. The van der Waals surface area contributed by atoms with Crippen molar-refractivity contribution in [2.24, 2.45) is 7.05 Å². The van der Waals surface area contributed by atoms with Crippen LogP contribution in [-0.2, 0) is 18.4 Å². The van der Waals surface area contributed by atoms with Crippen molar-refractivity contribution in [1.29, 1.82) is 0 Å². The third kappa shape index (κ3) is 3.10. The zero-order chi connectivity index (χ0) is 17.1. The first-order chi connectivity index (χ1) is 10.9. The molecule has 0 atom stereocenters. The summed E-state index contributed by atoms with van der Waals surface area (Å²) in [6, 6.07) is 5.76. The fraction of sp³-hybridized carbons (Fsp3) is 0.333. The van der Waals surface area contributed by atoms with E-state index in [-0.39, 0.29) is 23.9 Å². The Morgan fingerprint density at radius 1 is 1.26 bits per heavy atom. The third-order valence-electron chi connectivity index (χ3n) is 3.86. The molecule has 2 rings (SSSR count). The van der Waals surface area contributed by atoms with Crippen LogP contribution in [0.1, 0.15) is 41.4 Å². The second kappa shape index (κ2) is 6.87. The van der Waals surface area contributed by atoms with Crippen molar-refractivity contribution < 1.29 is 13.9 Å². The minimum Gasteiger partial charge on any atom is -0.380 e. The number of ether oxygens (including phenoxy) is 1. The quantitative estimate of drug-likeness (QED) is 0.795. The molecule has 0 aliphatic rings. The first kappa shape index (κ1) is 17.1. The van der Waals surface area contributed by atoms with E-state index in [1.165, 1.54) is 23.8 Å². The number of carbonyl (C=O) groups is 1. The molecule has 0 aliphatic heterocycles. The number of carbonyl (C=O) groups excluding carboxylic acids is 1. The normalized spacial score (nSPS) is 11.0. The highest BCUT2D eigenvalue weighted by Crippen LogP contribution is 2.30. The van der Waals surface area contributed by atoms with Crippen LogP contribution in [0.5, 0.6) is 0 Å². The highest BCUT2D eigenvalue weighted by Gasteiger charge is 2.22. The number of aldehydes is 1. The minimum atomic E-state index is -0.373. The number of benzene rings is 1. The molecule has 0 saturated heterocycles. The fourth-order valence-electron chi connectivity index (χ4n) is 2.93. The van der Waals surface area contributed by atoms with Crippen molar-refractivity contribution in [2.75, 3.05) is 7.11 Å². The molecular formula is C18H20FNO3. The molecule has 122 valence electrons. The van der Waals surface area contributed by atoms with E-state index in [9.17, 15) is 14.0 Å². The molecule has 4 nitrogen and oxygen atoms in total. The number of methoxy groups -OCH3 is 1. The molecule has 0 amide bonds. The number of hydrogen-bond acceptors (Lipinski definition) is 3. The highest BCUT2D eigenvalue weighted by molar-refractivity contribution is 5.90. The second-order valence-electron chi connectivity index (χ2n) is 5.73. The van der Waals surface area contributed by atoms with Crippen LogP contribution in [0.15, 0.2) is 29.1 Å². The van der Waals surface area contributed by atoms with Crippen LogP contribution in [-0.4, -0.2) is 18.0 Å². The summed E-state index contributed by atoms with van der Waals surface area (Å²) in [5.41, 5.74) is 2.44. The largest absolute Gasteiger partial charge is 0.380 e. The summed E-state index contributed by atoms with van der Waals surface area (Å²) in [7, 11) is 3.14. The van der Waals surface area contributed by atoms with E-state index in [0.717, 1.165) is 6.29 Å². The number of halogens is 1. The average Bonchev–Trinajstić information content (AvgIpc) is 2.52. The first-order valence-electron chi connectivity index (χ1n) is 7.38. The van der Waals surface area contributed by atoms with Gasteiger partial charge in [0.25, 0.3) is 5.56 Å². The van der Waals surface area contributed by atoms with Crippen molar-refractivity contribution in [3.63, 3.8) is 0 Å². The van der Waals surface area contributed by atoms with Crippen molar-refractivity contribution in [3.8, 4) is 11.1 Å². The lowest BCUT2D eigenvalue weighted by Crippen LogP contribution is -2.28. The monoisotopic (exact) mass is 317 g/mol. The van der Waals surface area contributed by atoms with Gasteiger partial charge in [-0.25, -0.2) is 4.39 Å². The Morgan fingerprint density at radius 2 is 1.87 bits per heavy atom. The summed E-state index contributed by atoms with van der Waals surface area (Å²) in [4.78, 5) is 24.5. The molecule has 0 radical (unpaired) electrons. The topological polar surface area (TPSA) is 48.3 Å². The zero-order valence-electron chi connectivity index (χ0n) is 13.7. The number of pyridine rings is 1. The summed E-state index contributed by atoms with van der Waals surface area (Å²) in [5, 5.41) is 0. The van der Waals surface area contributed by atoms with E-state index in [0.29, 0.717) is 27.9 Å². The van der Waals surface area contributed by atoms with Crippen molar-refractivity contribution in [1.82, 2.24) is 4.57 Å². The van der Waals surface area contributed by atoms with E-state index >= 15 is 0 Å². The van der Waals surface area contributed by atoms with Crippen LogP contribution in [0.4, 0.5) is 4.39 Å². The molecule has 0 spiro atoms. The number of rotatable bonds is 5. The first-order valence-corrected chi connectivity index (χ1v) is 7.38. The molecule has 0 saturated carbocycles. The van der Waals surface area contributed by atoms with Crippen molar-refractivity contribution in [3.05, 3.63) is 57.3 Å². The van der Waals surface area contributed by atoms with Crippen molar-refractivity contribution >= 4 is 6.29 Å². The van der Waals surface area contributed by atoms with Gasteiger partial charge < -0.3 is 9.30 Å². The van der Waals surface area contributed by atoms with Gasteiger partial charge in [-0.2, -0.15) is 0 Å². The summed E-state index contributed by atoms with van der Waals surface area (Å²) in [6.45, 7) is 3.93. The summed E-state index contributed by atoms with van der Waals surface area (Å²) >= 11 is 0. The smallest absolute Gasteiger partial charge is 0.256 e. The predicted octanol–water partition coefficient (Wildman–Crippen LogP) is 3.27. The van der Waals surface area contributed by atoms with Gasteiger partial charge in [-0.3, -0.25) is 9.59 Å². The molecule has 1 heterocycles. The van der Waals surface area contributed by atoms with Crippen LogP contribution in [0, 0.1) is 5.82 Å². The minimum absolute atomic E-state index is 0.0105. The zero-order valence-corrected chi connectivity index (χ0v) is 13.7. The van der Waals surface area contributed by atoms with E-state index in [2.05, 4.69) is 0 Å². The maximum Gasteiger partial charge on any atom is 0.256 e. The van der Waals surface area contributed by atoms with Crippen LogP contribution in [0.2, 0.25) is 0 Å². The van der Waals surface area contributed by atoms with E-state index in [1.807, 2.05) is 13.8 Å². The standard InChI is InChI=1S/C18H20FNO3/c1-11(2)17-14(9-21)16(12-5-7-13(19)8-6-12)15(10-23-4)18(22)20(17)3/h5-9,11H,10H2,1-4H3. The molecule has 2 aromatic rings. The summed E-state index contributed by atoms with van der Waals surface area (Å²) in [6.07, 6.45) is 0.757. The van der Waals surface area contributed by atoms with Gasteiger partial charge in [0.2, 0.25) is 0 Å². The molecule has 0 aliphatic carbocycles. The van der Waals surface area contributed by atoms with Crippen LogP contribution < -0.4 is 5.56 Å².